The Morgan fingerprint density at radius 2 is 1.88 bits per heavy atom. The lowest BCUT2D eigenvalue weighted by Gasteiger charge is -2.19. The van der Waals surface area contributed by atoms with Gasteiger partial charge in [-0.3, -0.25) is 14.6 Å². The molecule has 42 heavy (non-hydrogen) atoms. The zero-order chi connectivity index (χ0) is 29.3. The van der Waals surface area contributed by atoms with Crippen LogP contribution in [0.5, 0.6) is 11.5 Å². The predicted octanol–water partition coefficient (Wildman–Crippen LogP) is 4.61. The van der Waals surface area contributed by atoms with Gasteiger partial charge >= 0.3 is 0 Å². The Kier molecular flexibility index (Phi) is 7.34. The molecule has 2 atom stereocenters. The van der Waals surface area contributed by atoms with Gasteiger partial charge in [-0.25, -0.2) is 4.39 Å². The van der Waals surface area contributed by atoms with Crippen LogP contribution in [0.25, 0.3) is 11.1 Å². The van der Waals surface area contributed by atoms with Crippen molar-refractivity contribution in [2.75, 3.05) is 20.2 Å². The van der Waals surface area contributed by atoms with Crippen molar-refractivity contribution in [1.82, 2.24) is 15.6 Å². The number of benzene rings is 3. The molecule has 1 aliphatic carbocycles. The second kappa shape index (κ2) is 11.3. The minimum Gasteiger partial charge on any atom is -0.492 e. The zero-order valence-corrected chi connectivity index (χ0v) is 23.1. The molecule has 0 radical (unpaired) electrons. The maximum Gasteiger partial charge on any atom is 0.252 e. The van der Waals surface area contributed by atoms with Crippen LogP contribution in [0.15, 0.2) is 85.1 Å². The van der Waals surface area contributed by atoms with Gasteiger partial charge in [-0.05, 0) is 78.6 Å². The molecule has 9 heteroatoms. The second-order valence-electron chi connectivity index (χ2n) is 10.5. The molecule has 1 fully saturated rings. The number of nitrogens with zero attached hydrogens (tertiary/aromatic N) is 1. The van der Waals surface area contributed by atoms with E-state index in [2.05, 4.69) is 15.6 Å². The molecular weight excluding hydrogens is 535 g/mol. The number of halogens is 1. The zero-order valence-electron chi connectivity index (χ0n) is 23.1. The molecule has 2 aliphatic rings. The first-order valence-electron chi connectivity index (χ1n) is 13.9. The number of carbonyl (C=O) groups is 2. The Labute approximate surface area is 243 Å². The molecular formula is C33H31FN4O4. The molecule has 8 nitrogen and oxygen atoms in total. The van der Waals surface area contributed by atoms with Gasteiger partial charge in [0.05, 0.1) is 11.2 Å². The number of likely N-dealkylation sites (N-methyl/N-ethyl adjacent to an activating group) is 1. The third kappa shape index (κ3) is 5.19. The van der Waals surface area contributed by atoms with Crippen LogP contribution in [0.1, 0.15) is 52.0 Å². The SMILES string of the molecule is CNC(=O)C1c2cc(-c3cc(C(=O)NC4(c5ccccn5)CC4)ccc3OCCN)ccc2OC1c1ccc(F)cc1. The van der Waals surface area contributed by atoms with Crippen LogP contribution in [0.2, 0.25) is 0 Å². The maximum atomic E-state index is 13.6. The minimum absolute atomic E-state index is 0.214. The van der Waals surface area contributed by atoms with Gasteiger partial charge in [0, 0.05) is 36.5 Å². The smallest absolute Gasteiger partial charge is 0.252 e. The van der Waals surface area contributed by atoms with E-state index in [1.807, 2.05) is 36.4 Å². The van der Waals surface area contributed by atoms with Gasteiger partial charge in [0.25, 0.3) is 5.91 Å². The van der Waals surface area contributed by atoms with Crippen molar-refractivity contribution in [3.63, 3.8) is 0 Å². The molecule has 0 spiro atoms. The van der Waals surface area contributed by atoms with Gasteiger partial charge in [-0.2, -0.15) is 0 Å². The summed E-state index contributed by atoms with van der Waals surface area (Å²) in [6.07, 6.45) is 2.75. The van der Waals surface area contributed by atoms with Gasteiger partial charge in [-0.15, -0.1) is 0 Å². The number of amides is 2. The lowest BCUT2D eigenvalue weighted by Crippen LogP contribution is -2.35. The molecule has 2 amide bonds. The summed E-state index contributed by atoms with van der Waals surface area (Å²) in [5.41, 5.74) is 9.37. The number of aromatic nitrogens is 1. The van der Waals surface area contributed by atoms with Crippen molar-refractivity contribution >= 4 is 11.8 Å². The summed E-state index contributed by atoms with van der Waals surface area (Å²) in [4.78, 5) is 31.1. The lowest BCUT2D eigenvalue weighted by atomic mass is 9.88. The highest BCUT2D eigenvalue weighted by molar-refractivity contribution is 5.97. The van der Waals surface area contributed by atoms with E-state index in [1.54, 1.807) is 43.6 Å². The second-order valence-corrected chi connectivity index (χ2v) is 10.5. The highest BCUT2D eigenvalue weighted by Crippen LogP contribution is 2.48. The van der Waals surface area contributed by atoms with Crippen LogP contribution in [-0.2, 0) is 10.3 Å². The Bertz CT molecular complexity index is 1620. The fourth-order valence-electron chi connectivity index (χ4n) is 5.48. The van der Waals surface area contributed by atoms with Crippen LogP contribution in [-0.4, -0.2) is 37.0 Å². The molecule has 1 aliphatic heterocycles. The maximum absolute atomic E-state index is 13.6. The number of nitrogens with one attached hydrogen (secondary N) is 2. The summed E-state index contributed by atoms with van der Waals surface area (Å²) in [5, 5.41) is 5.91. The van der Waals surface area contributed by atoms with E-state index < -0.39 is 17.6 Å². The van der Waals surface area contributed by atoms with Crippen LogP contribution < -0.4 is 25.8 Å². The highest BCUT2D eigenvalue weighted by atomic mass is 19.1. The number of fused-ring (bicyclic) bond motifs is 1. The fraction of sp³-hybridized carbons (Fsp3) is 0.242. The first-order valence-corrected chi connectivity index (χ1v) is 13.9. The number of carbonyl (C=O) groups excluding carboxylic acids is 2. The monoisotopic (exact) mass is 566 g/mol. The van der Waals surface area contributed by atoms with Crippen LogP contribution in [0.4, 0.5) is 4.39 Å². The van der Waals surface area contributed by atoms with E-state index >= 15 is 0 Å². The van der Waals surface area contributed by atoms with E-state index in [4.69, 9.17) is 15.2 Å². The molecule has 214 valence electrons. The number of rotatable bonds is 9. The third-order valence-corrected chi connectivity index (χ3v) is 7.82. The van der Waals surface area contributed by atoms with Crippen molar-refractivity contribution in [3.05, 3.63) is 113 Å². The number of hydrogen-bond donors (Lipinski definition) is 3. The molecule has 0 bridgehead atoms. The molecule has 1 saturated carbocycles. The minimum atomic E-state index is -0.664. The molecule has 2 heterocycles. The van der Waals surface area contributed by atoms with Gasteiger partial charge in [0.2, 0.25) is 5.91 Å². The van der Waals surface area contributed by atoms with E-state index in [0.29, 0.717) is 46.9 Å². The summed E-state index contributed by atoms with van der Waals surface area (Å²) in [6.45, 7) is 0.618. The van der Waals surface area contributed by atoms with Crippen molar-refractivity contribution in [1.29, 1.82) is 0 Å². The van der Waals surface area contributed by atoms with E-state index in [0.717, 1.165) is 24.1 Å². The lowest BCUT2D eigenvalue weighted by molar-refractivity contribution is -0.123. The third-order valence-electron chi connectivity index (χ3n) is 7.82. The molecule has 4 N–H and O–H groups in total. The van der Waals surface area contributed by atoms with Crippen LogP contribution in [0.3, 0.4) is 0 Å². The van der Waals surface area contributed by atoms with Crippen molar-refractivity contribution in [3.8, 4) is 22.6 Å². The van der Waals surface area contributed by atoms with Gasteiger partial charge in [0.1, 0.15) is 35.9 Å². The van der Waals surface area contributed by atoms with Crippen molar-refractivity contribution < 1.29 is 23.5 Å². The number of ether oxygens (including phenoxy) is 2. The number of nitrogens with two attached hydrogens (primary N) is 1. The molecule has 6 rings (SSSR count). The Balaban J connectivity index is 1.36. The Hall–Kier alpha value is -4.76. The summed E-state index contributed by atoms with van der Waals surface area (Å²) in [5.74, 6) is -0.344. The molecule has 0 saturated heterocycles. The average Bonchev–Trinajstić information content (AvgIpc) is 3.71. The normalized spacial score (nSPS) is 18.0. The fourth-order valence-corrected chi connectivity index (χ4v) is 5.48. The first kappa shape index (κ1) is 27.4. The highest BCUT2D eigenvalue weighted by Gasteiger charge is 2.47. The average molecular weight is 567 g/mol. The summed E-state index contributed by atoms with van der Waals surface area (Å²) >= 11 is 0. The number of pyridine rings is 1. The molecule has 4 aromatic rings. The quantitative estimate of drug-likeness (QED) is 0.273. The Morgan fingerprint density at radius 1 is 1.07 bits per heavy atom. The Morgan fingerprint density at radius 3 is 2.57 bits per heavy atom. The van der Waals surface area contributed by atoms with E-state index in [1.165, 1.54) is 12.1 Å². The molecule has 2 unspecified atom stereocenters. The topological polar surface area (TPSA) is 116 Å². The van der Waals surface area contributed by atoms with E-state index in [-0.39, 0.29) is 17.6 Å². The van der Waals surface area contributed by atoms with Crippen LogP contribution in [0, 0.1) is 5.82 Å². The summed E-state index contributed by atoms with van der Waals surface area (Å²) in [7, 11) is 1.57. The largest absolute Gasteiger partial charge is 0.492 e. The molecule has 1 aromatic heterocycles. The van der Waals surface area contributed by atoms with Gasteiger partial charge < -0.3 is 25.8 Å². The van der Waals surface area contributed by atoms with Gasteiger partial charge in [-0.1, -0.05) is 24.3 Å². The van der Waals surface area contributed by atoms with Crippen LogP contribution >= 0.6 is 0 Å². The first-order chi connectivity index (χ1) is 20.4. The predicted molar refractivity (Wildman–Crippen MR) is 156 cm³/mol. The van der Waals surface area contributed by atoms with Crippen molar-refractivity contribution in [2.24, 2.45) is 5.73 Å². The standard InChI is InChI=1S/C33H31FN4O4/c1-36-32(40)29-25-18-21(7-12-27(25)42-30(29)20-5-9-23(34)10-6-20)24-19-22(8-11-26(24)41-17-15-35)31(39)38-33(13-14-33)28-4-2-3-16-37-28/h2-12,16,18-19,29-30H,13-15,17,35H2,1H3,(H,36,40)(H,38,39). The number of hydrogen-bond acceptors (Lipinski definition) is 6. The summed E-state index contributed by atoms with van der Waals surface area (Å²) in [6, 6.07) is 22.5. The molecule has 3 aromatic carbocycles. The van der Waals surface area contributed by atoms with E-state index in [9.17, 15) is 14.0 Å². The summed E-state index contributed by atoms with van der Waals surface area (Å²) < 4.78 is 25.8. The van der Waals surface area contributed by atoms with Gasteiger partial charge in [0.15, 0.2) is 0 Å². The van der Waals surface area contributed by atoms with Crippen molar-refractivity contribution in [2.45, 2.75) is 30.4 Å².